The number of aliphatic hydroxyl groups is 2. The summed E-state index contributed by atoms with van der Waals surface area (Å²) >= 11 is 5.83. The molecule has 0 bridgehead atoms. The van der Waals surface area contributed by atoms with Gasteiger partial charge in [-0.15, -0.1) is 0 Å². The molecule has 1 fully saturated rings. The van der Waals surface area contributed by atoms with E-state index in [9.17, 15) is 29.9 Å². The molecule has 0 spiro atoms. The first-order valence-electron chi connectivity index (χ1n) is 7.38. The Hall–Kier alpha value is -1.83. The fourth-order valence-corrected chi connectivity index (χ4v) is 3.56. The summed E-state index contributed by atoms with van der Waals surface area (Å²) in [6, 6.07) is 4.36. The maximum Gasteiger partial charge on any atom is 0.283 e. The normalized spacial score (nSPS) is 33.0. The largest absolute Gasteiger partial charge is 0.376 e. The standard InChI is InChI=1S/C16H18ClNO6/c1-9(19)15(21)7-12(11-3-5-13(17)6-4-11)8-16(22,10(2)20)14(15)18(23)24/h3-6,12,14,21-22H,7-8H2,1-2H3/t12-,14-,15+,16-. The van der Waals surface area contributed by atoms with Crippen LogP contribution in [0, 0.1) is 10.1 Å². The number of benzene rings is 1. The number of ketones is 2. The van der Waals surface area contributed by atoms with Gasteiger partial charge in [-0.25, -0.2) is 0 Å². The van der Waals surface area contributed by atoms with Crippen molar-refractivity contribution in [2.75, 3.05) is 0 Å². The van der Waals surface area contributed by atoms with Crippen molar-refractivity contribution in [2.24, 2.45) is 0 Å². The Morgan fingerprint density at radius 3 is 1.88 bits per heavy atom. The van der Waals surface area contributed by atoms with Gasteiger partial charge in [-0.1, -0.05) is 23.7 Å². The Labute approximate surface area is 143 Å². The third-order valence-corrected chi connectivity index (χ3v) is 5.04. The number of halogens is 1. The summed E-state index contributed by atoms with van der Waals surface area (Å²) in [6.45, 7) is 2.03. The number of carbonyl (C=O) groups excluding carboxylic acids is 2. The first kappa shape index (κ1) is 18.5. The molecule has 0 amide bonds. The lowest BCUT2D eigenvalue weighted by atomic mass is 9.62. The van der Waals surface area contributed by atoms with E-state index in [1.165, 1.54) is 0 Å². The van der Waals surface area contributed by atoms with Crippen LogP contribution in [0.4, 0.5) is 0 Å². The molecule has 0 saturated heterocycles. The van der Waals surface area contributed by atoms with Crippen LogP contribution < -0.4 is 0 Å². The van der Waals surface area contributed by atoms with Crippen molar-refractivity contribution in [3.8, 4) is 0 Å². The predicted octanol–water partition coefficient (Wildman–Crippen LogP) is 1.50. The van der Waals surface area contributed by atoms with Crippen LogP contribution in [0.25, 0.3) is 0 Å². The van der Waals surface area contributed by atoms with Crippen molar-refractivity contribution in [3.05, 3.63) is 45.0 Å². The molecule has 1 aromatic rings. The van der Waals surface area contributed by atoms with Crippen molar-refractivity contribution in [1.29, 1.82) is 0 Å². The highest BCUT2D eigenvalue weighted by Crippen LogP contribution is 2.46. The van der Waals surface area contributed by atoms with E-state index >= 15 is 0 Å². The number of carbonyl (C=O) groups is 2. The minimum absolute atomic E-state index is 0.259. The van der Waals surface area contributed by atoms with Crippen LogP contribution in [0.2, 0.25) is 5.02 Å². The Bertz CT molecular complexity index is 660. The fraction of sp³-hybridized carbons (Fsp3) is 0.500. The smallest absolute Gasteiger partial charge is 0.283 e. The topological polar surface area (TPSA) is 118 Å². The quantitative estimate of drug-likeness (QED) is 0.624. The van der Waals surface area contributed by atoms with Gasteiger partial charge in [0.05, 0.1) is 0 Å². The molecule has 0 radical (unpaired) electrons. The predicted molar refractivity (Wildman–Crippen MR) is 85.5 cm³/mol. The van der Waals surface area contributed by atoms with E-state index in [0.717, 1.165) is 13.8 Å². The average Bonchev–Trinajstić information content (AvgIpc) is 2.46. The zero-order valence-corrected chi connectivity index (χ0v) is 14.0. The van der Waals surface area contributed by atoms with Gasteiger partial charge in [0.15, 0.2) is 22.8 Å². The zero-order chi connectivity index (χ0) is 18.3. The minimum Gasteiger partial charge on any atom is -0.376 e. The molecule has 1 aromatic carbocycles. The highest BCUT2D eigenvalue weighted by atomic mass is 35.5. The molecule has 1 saturated carbocycles. The van der Waals surface area contributed by atoms with Crippen LogP contribution in [-0.2, 0) is 9.59 Å². The molecular formula is C16H18ClNO6. The monoisotopic (exact) mass is 355 g/mol. The summed E-state index contributed by atoms with van der Waals surface area (Å²) in [6.07, 6.45) is -0.517. The molecule has 24 heavy (non-hydrogen) atoms. The first-order chi connectivity index (χ1) is 11.0. The maximum atomic E-state index is 12.0. The van der Waals surface area contributed by atoms with Crippen LogP contribution >= 0.6 is 11.6 Å². The molecule has 2 N–H and O–H groups in total. The molecule has 4 atom stereocenters. The molecule has 0 heterocycles. The van der Waals surface area contributed by atoms with E-state index in [-0.39, 0.29) is 12.8 Å². The lowest BCUT2D eigenvalue weighted by Crippen LogP contribution is -2.69. The van der Waals surface area contributed by atoms with Crippen LogP contribution in [0.1, 0.15) is 38.2 Å². The summed E-state index contributed by atoms with van der Waals surface area (Å²) in [5.74, 6) is -2.33. The Balaban J connectivity index is 2.58. The van der Waals surface area contributed by atoms with Crippen LogP contribution in [0.15, 0.2) is 24.3 Å². The fourth-order valence-electron chi connectivity index (χ4n) is 3.43. The second kappa shape index (κ2) is 6.23. The number of Topliss-reactive ketones (excluding diaryl/α,β-unsaturated/α-hetero) is 2. The molecule has 2 rings (SSSR count). The van der Waals surface area contributed by atoms with Crippen molar-refractivity contribution in [3.63, 3.8) is 0 Å². The number of nitro groups is 1. The molecule has 130 valence electrons. The van der Waals surface area contributed by atoms with Crippen LogP contribution in [0.5, 0.6) is 0 Å². The summed E-state index contributed by atoms with van der Waals surface area (Å²) in [5.41, 5.74) is -4.25. The number of hydrogen-bond acceptors (Lipinski definition) is 6. The Kier molecular flexibility index (Phi) is 4.81. The minimum atomic E-state index is -2.44. The van der Waals surface area contributed by atoms with E-state index in [1.807, 2.05) is 0 Å². The average molecular weight is 356 g/mol. The van der Waals surface area contributed by atoms with Gasteiger partial charge in [-0.2, -0.15) is 0 Å². The van der Waals surface area contributed by atoms with E-state index in [1.54, 1.807) is 24.3 Å². The second-order valence-electron chi connectivity index (χ2n) is 6.31. The zero-order valence-electron chi connectivity index (χ0n) is 13.2. The third-order valence-electron chi connectivity index (χ3n) is 4.79. The van der Waals surface area contributed by atoms with Gasteiger partial charge in [0.1, 0.15) is 0 Å². The summed E-state index contributed by atoms with van der Waals surface area (Å²) in [7, 11) is 0. The lowest BCUT2D eigenvalue weighted by Gasteiger charge is -2.45. The van der Waals surface area contributed by atoms with Crippen molar-refractivity contribution in [1.82, 2.24) is 0 Å². The highest BCUT2D eigenvalue weighted by molar-refractivity contribution is 6.30. The van der Waals surface area contributed by atoms with Gasteiger partial charge in [-0.05, 0) is 50.3 Å². The highest BCUT2D eigenvalue weighted by Gasteiger charge is 2.67. The van der Waals surface area contributed by atoms with E-state index in [2.05, 4.69) is 0 Å². The molecule has 1 aliphatic rings. The SMILES string of the molecule is CC(=O)[C@]1(O)C[C@H](c2ccc(Cl)cc2)C[C@](O)(C(C)=O)[C@H]1[N+](=O)[O-]. The summed E-state index contributed by atoms with van der Waals surface area (Å²) in [5, 5.41) is 33.4. The molecule has 7 nitrogen and oxygen atoms in total. The maximum absolute atomic E-state index is 12.0. The van der Waals surface area contributed by atoms with Gasteiger partial charge in [0.2, 0.25) is 0 Å². The molecule has 1 aliphatic carbocycles. The van der Waals surface area contributed by atoms with Crippen molar-refractivity contribution in [2.45, 2.75) is 49.9 Å². The Morgan fingerprint density at radius 1 is 1.12 bits per heavy atom. The first-order valence-corrected chi connectivity index (χ1v) is 7.76. The number of nitrogens with zero attached hydrogens (tertiary/aromatic N) is 1. The second-order valence-corrected chi connectivity index (χ2v) is 6.74. The molecule has 0 aromatic heterocycles. The van der Waals surface area contributed by atoms with Gasteiger partial charge in [-0.3, -0.25) is 19.7 Å². The lowest BCUT2D eigenvalue weighted by molar-refractivity contribution is -0.564. The molecular weight excluding hydrogens is 338 g/mol. The van der Waals surface area contributed by atoms with Crippen LogP contribution in [-0.4, -0.2) is 43.9 Å². The summed E-state index contributed by atoms with van der Waals surface area (Å²) in [4.78, 5) is 34.5. The van der Waals surface area contributed by atoms with Crippen molar-refractivity contribution < 1.29 is 24.7 Å². The van der Waals surface area contributed by atoms with Gasteiger partial charge in [0.25, 0.3) is 6.04 Å². The van der Waals surface area contributed by atoms with Gasteiger partial charge < -0.3 is 10.2 Å². The van der Waals surface area contributed by atoms with Gasteiger partial charge in [0, 0.05) is 9.95 Å². The molecule has 8 heteroatoms. The molecule has 0 aliphatic heterocycles. The van der Waals surface area contributed by atoms with E-state index in [0.29, 0.717) is 10.6 Å². The third kappa shape index (κ3) is 2.94. The van der Waals surface area contributed by atoms with Crippen molar-refractivity contribution >= 4 is 23.2 Å². The molecule has 0 unspecified atom stereocenters. The van der Waals surface area contributed by atoms with Gasteiger partial charge >= 0.3 is 0 Å². The number of hydrogen-bond donors (Lipinski definition) is 2. The van der Waals surface area contributed by atoms with E-state index < -0.39 is 39.7 Å². The summed E-state index contributed by atoms with van der Waals surface area (Å²) < 4.78 is 0. The van der Waals surface area contributed by atoms with E-state index in [4.69, 9.17) is 11.6 Å². The van der Waals surface area contributed by atoms with Crippen LogP contribution in [0.3, 0.4) is 0 Å². The Morgan fingerprint density at radius 2 is 1.54 bits per heavy atom. The number of rotatable bonds is 4.